The molecule has 0 saturated carbocycles. The van der Waals surface area contributed by atoms with Gasteiger partial charge in [-0.25, -0.2) is 4.98 Å². The highest BCUT2D eigenvalue weighted by Crippen LogP contribution is 2.30. The summed E-state index contributed by atoms with van der Waals surface area (Å²) in [7, 11) is 0. The van der Waals surface area contributed by atoms with Crippen LogP contribution < -0.4 is 14.8 Å². The molecule has 0 spiro atoms. The molecule has 0 radical (unpaired) electrons. The fourth-order valence-electron chi connectivity index (χ4n) is 1.85. The smallest absolute Gasteiger partial charge is 0.256 e. The minimum atomic E-state index is -0.648. The van der Waals surface area contributed by atoms with E-state index in [2.05, 4.69) is 10.3 Å². The van der Waals surface area contributed by atoms with Gasteiger partial charge in [0.1, 0.15) is 19.0 Å². The van der Waals surface area contributed by atoms with Crippen molar-refractivity contribution < 1.29 is 18.7 Å². The molecule has 102 valence electrons. The molecule has 0 saturated heterocycles. The van der Waals surface area contributed by atoms with Gasteiger partial charge in [0.15, 0.2) is 11.5 Å². The van der Waals surface area contributed by atoms with Gasteiger partial charge in [-0.3, -0.25) is 4.79 Å². The fourth-order valence-corrected chi connectivity index (χ4v) is 1.85. The Hall–Kier alpha value is -2.63. The Morgan fingerprint density at radius 3 is 2.75 bits per heavy atom. The normalized spacial score (nSPS) is 12.8. The maximum atomic E-state index is 12.9. The van der Waals surface area contributed by atoms with Gasteiger partial charge in [0.2, 0.25) is 5.95 Å². The predicted molar refractivity (Wildman–Crippen MR) is 69.6 cm³/mol. The molecule has 1 aliphatic rings. The number of halogens is 1. The minimum absolute atomic E-state index is 0.157. The molecule has 0 bridgehead atoms. The van der Waals surface area contributed by atoms with E-state index < -0.39 is 5.95 Å². The largest absolute Gasteiger partial charge is 0.486 e. The molecule has 2 aromatic rings. The first-order valence-electron chi connectivity index (χ1n) is 6.06. The molecule has 0 unspecified atom stereocenters. The third-order valence-corrected chi connectivity index (χ3v) is 2.76. The van der Waals surface area contributed by atoms with Crippen molar-refractivity contribution in [1.29, 1.82) is 0 Å². The minimum Gasteiger partial charge on any atom is -0.486 e. The van der Waals surface area contributed by atoms with E-state index in [0.717, 1.165) is 0 Å². The average molecular weight is 274 g/mol. The number of carbonyl (C=O) groups excluding carboxylic acids is 1. The lowest BCUT2D eigenvalue weighted by Crippen LogP contribution is -2.17. The Bertz CT molecular complexity index is 661. The van der Waals surface area contributed by atoms with Gasteiger partial charge in [0.25, 0.3) is 5.91 Å². The number of nitrogens with one attached hydrogen (secondary N) is 1. The van der Waals surface area contributed by atoms with Crippen LogP contribution in [0.5, 0.6) is 11.5 Å². The number of rotatable bonds is 2. The van der Waals surface area contributed by atoms with Gasteiger partial charge >= 0.3 is 0 Å². The van der Waals surface area contributed by atoms with E-state index >= 15 is 0 Å². The van der Waals surface area contributed by atoms with Gasteiger partial charge in [-0.05, 0) is 30.3 Å². The van der Waals surface area contributed by atoms with Crippen molar-refractivity contribution in [2.45, 2.75) is 0 Å². The monoisotopic (exact) mass is 274 g/mol. The number of nitrogens with zero attached hydrogens (tertiary/aromatic N) is 1. The van der Waals surface area contributed by atoms with E-state index in [-0.39, 0.29) is 11.7 Å². The van der Waals surface area contributed by atoms with Gasteiger partial charge in [-0.1, -0.05) is 6.07 Å². The number of carbonyl (C=O) groups is 1. The Kier molecular flexibility index (Phi) is 3.20. The highest BCUT2D eigenvalue weighted by Gasteiger charge is 2.15. The quantitative estimate of drug-likeness (QED) is 0.853. The molecule has 20 heavy (non-hydrogen) atoms. The van der Waals surface area contributed by atoms with Gasteiger partial charge in [-0.2, -0.15) is 4.39 Å². The van der Waals surface area contributed by atoms with Crippen molar-refractivity contribution in [2.75, 3.05) is 18.5 Å². The van der Waals surface area contributed by atoms with E-state index in [9.17, 15) is 9.18 Å². The molecular weight excluding hydrogens is 263 g/mol. The zero-order chi connectivity index (χ0) is 13.9. The van der Waals surface area contributed by atoms with Crippen molar-refractivity contribution in [3.05, 3.63) is 47.9 Å². The van der Waals surface area contributed by atoms with E-state index in [1.807, 2.05) is 0 Å². The van der Waals surface area contributed by atoms with E-state index in [0.29, 0.717) is 30.3 Å². The van der Waals surface area contributed by atoms with Crippen LogP contribution in [0.4, 0.5) is 10.2 Å². The summed E-state index contributed by atoms with van der Waals surface area (Å²) in [5.41, 5.74) is 0.389. The van der Waals surface area contributed by atoms with Crippen LogP contribution in [0.2, 0.25) is 0 Å². The fraction of sp³-hybridized carbons (Fsp3) is 0.143. The zero-order valence-corrected chi connectivity index (χ0v) is 10.4. The second kappa shape index (κ2) is 5.16. The maximum absolute atomic E-state index is 12.9. The summed E-state index contributed by atoms with van der Waals surface area (Å²) in [6.45, 7) is 0.940. The molecule has 1 amide bonds. The molecule has 1 N–H and O–H groups in total. The van der Waals surface area contributed by atoms with E-state index in [1.54, 1.807) is 18.2 Å². The number of amides is 1. The first kappa shape index (κ1) is 12.4. The number of benzene rings is 1. The van der Waals surface area contributed by atoms with Crippen LogP contribution in [0, 0.1) is 5.95 Å². The Morgan fingerprint density at radius 2 is 1.95 bits per heavy atom. The van der Waals surface area contributed by atoms with Gasteiger partial charge in [0.05, 0.1) is 0 Å². The first-order valence-corrected chi connectivity index (χ1v) is 6.06. The molecule has 2 heterocycles. The molecule has 1 aromatic carbocycles. The summed E-state index contributed by atoms with van der Waals surface area (Å²) in [6, 6.07) is 9.06. The second-order valence-corrected chi connectivity index (χ2v) is 4.16. The number of pyridine rings is 1. The summed E-state index contributed by atoms with van der Waals surface area (Å²) in [5.74, 6) is 0.253. The molecule has 0 fully saturated rings. The topological polar surface area (TPSA) is 60.5 Å². The van der Waals surface area contributed by atoms with Crippen molar-refractivity contribution >= 4 is 11.7 Å². The standard InChI is InChI=1S/C14H11FN2O3/c15-12-2-1-3-13(16-12)17-14(18)9-4-5-10-11(8-9)20-7-6-19-10/h1-5,8H,6-7H2,(H,16,17,18). The molecule has 3 rings (SSSR count). The van der Waals surface area contributed by atoms with Crippen LogP contribution in [0.15, 0.2) is 36.4 Å². The van der Waals surface area contributed by atoms with Crippen LogP contribution in [0.1, 0.15) is 10.4 Å². The lowest BCUT2D eigenvalue weighted by Gasteiger charge is -2.18. The summed E-state index contributed by atoms with van der Waals surface area (Å²) >= 11 is 0. The molecule has 1 aliphatic heterocycles. The second-order valence-electron chi connectivity index (χ2n) is 4.16. The molecule has 6 heteroatoms. The van der Waals surface area contributed by atoms with Crippen LogP contribution in [0.25, 0.3) is 0 Å². The van der Waals surface area contributed by atoms with Crippen LogP contribution >= 0.6 is 0 Å². The summed E-state index contributed by atoms with van der Waals surface area (Å²) in [5, 5.41) is 2.52. The molecule has 1 aromatic heterocycles. The number of hydrogen-bond donors (Lipinski definition) is 1. The number of anilines is 1. The van der Waals surface area contributed by atoms with Crippen molar-refractivity contribution in [3.8, 4) is 11.5 Å². The number of hydrogen-bond acceptors (Lipinski definition) is 4. The maximum Gasteiger partial charge on any atom is 0.256 e. The number of aromatic nitrogens is 1. The average Bonchev–Trinajstić information content (AvgIpc) is 2.47. The lowest BCUT2D eigenvalue weighted by atomic mass is 10.2. The summed E-state index contributed by atoms with van der Waals surface area (Å²) in [4.78, 5) is 15.6. The molecular formula is C14H11FN2O3. The zero-order valence-electron chi connectivity index (χ0n) is 10.4. The van der Waals surface area contributed by atoms with E-state index in [1.165, 1.54) is 18.2 Å². The first-order chi connectivity index (χ1) is 9.72. The SMILES string of the molecule is O=C(Nc1cccc(F)n1)c1ccc2c(c1)OCCO2. The molecule has 0 atom stereocenters. The third kappa shape index (κ3) is 2.54. The number of fused-ring (bicyclic) bond motifs is 1. The highest BCUT2D eigenvalue weighted by atomic mass is 19.1. The Balaban J connectivity index is 1.80. The van der Waals surface area contributed by atoms with Gasteiger partial charge < -0.3 is 14.8 Å². The Morgan fingerprint density at radius 1 is 1.15 bits per heavy atom. The van der Waals surface area contributed by atoms with Crippen LogP contribution in [-0.2, 0) is 0 Å². The van der Waals surface area contributed by atoms with Crippen LogP contribution in [0.3, 0.4) is 0 Å². The van der Waals surface area contributed by atoms with Crippen molar-refractivity contribution in [3.63, 3.8) is 0 Å². The van der Waals surface area contributed by atoms with Crippen LogP contribution in [-0.4, -0.2) is 24.1 Å². The lowest BCUT2D eigenvalue weighted by molar-refractivity contribution is 0.102. The van der Waals surface area contributed by atoms with Crippen molar-refractivity contribution in [2.24, 2.45) is 0 Å². The van der Waals surface area contributed by atoms with E-state index in [4.69, 9.17) is 9.47 Å². The summed E-state index contributed by atoms with van der Waals surface area (Å²) in [6.07, 6.45) is 0. The molecule has 5 nitrogen and oxygen atoms in total. The predicted octanol–water partition coefficient (Wildman–Crippen LogP) is 2.24. The summed E-state index contributed by atoms with van der Waals surface area (Å²) < 4.78 is 23.7. The number of ether oxygens (including phenoxy) is 2. The third-order valence-electron chi connectivity index (χ3n) is 2.76. The van der Waals surface area contributed by atoms with Gasteiger partial charge in [0, 0.05) is 5.56 Å². The van der Waals surface area contributed by atoms with Gasteiger partial charge in [-0.15, -0.1) is 0 Å². The molecule has 0 aliphatic carbocycles. The Labute approximate surface area is 114 Å². The highest BCUT2D eigenvalue weighted by molar-refractivity contribution is 6.04. The van der Waals surface area contributed by atoms with Crippen molar-refractivity contribution in [1.82, 2.24) is 4.98 Å².